The molecule has 1 aliphatic rings. The average molecular weight is 171 g/mol. The van der Waals surface area contributed by atoms with Gasteiger partial charge in [-0.15, -0.1) is 0 Å². The minimum atomic E-state index is -0.654. The van der Waals surface area contributed by atoms with E-state index in [4.69, 9.17) is 10.5 Å². The molecule has 70 valence electrons. The largest absolute Gasteiger partial charge is 0.462 e. The van der Waals surface area contributed by atoms with Crippen LogP contribution < -0.4 is 5.73 Å². The van der Waals surface area contributed by atoms with Gasteiger partial charge in [0.1, 0.15) is 5.54 Å². The van der Waals surface area contributed by atoms with Crippen LogP contribution >= 0.6 is 0 Å². The van der Waals surface area contributed by atoms with Crippen molar-refractivity contribution in [2.24, 2.45) is 11.7 Å². The normalized spacial score (nSPS) is 33.6. The second-order valence-corrected chi connectivity index (χ2v) is 3.80. The molecule has 1 rings (SSSR count). The molecular formula is C9H17NO2. The van der Waals surface area contributed by atoms with E-state index in [-0.39, 0.29) is 12.1 Å². The van der Waals surface area contributed by atoms with Crippen LogP contribution in [0.4, 0.5) is 0 Å². The van der Waals surface area contributed by atoms with Gasteiger partial charge in [0, 0.05) is 0 Å². The molecule has 12 heavy (non-hydrogen) atoms. The van der Waals surface area contributed by atoms with E-state index in [0.717, 1.165) is 12.8 Å². The summed E-state index contributed by atoms with van der Waals surface area (Å²) in [6.07, 6.45) is 1.69. The van der Waals surface area contributed by atoms with Crippen LogP contribution in [0.25, 0.3) is 0 Å². The SMILES string of the molecule is CCC1CC1(N)C(=O)OC(C)C. The van der Waals surface area contributed by atoms with Gasteiger partial charge in [0.15, 0.2) is 0 Å². The highest BCUT2D eigenvalue weighted by Crippen LogP contribution is 2.44. The summed E-state index contributed by atoms with van der Waals surface area (Å²) in [6, 6.07) is 0. The molecule has 1 aliphatic carbocycles. The number of rotatable bonds is 3. The Bertz CT molecular complexity index is 191. The fourth-order valence-electron chi connectivity index (χ4n) is 1.43. The average Bonchev–Trinajstić information content (AvgIpc) is 2.62. The first-order valence-electron chi connectivity index (χ1n) is 4.50. The Labute approximate surface area is 73.3 Å². The van der Waals surface area contributed by atoms with Crippen LogP contribution in [0, 0.1) is 5.92 Å². The van der Waals surface area contributed by atoms with Gasteiger partial charge in [0.25, 0.3) is 0 Å². The Hall–Kier alpha value is -0.570. The molecule has 1 fully saturated rings. The zero-order chi connectivity index (χ0) is 9.35. The van der Waals surface area contributed by atoms with Crippen molar-refractivity contribution in [2.75, 3.05) is 0 Å². The van der Waals surface area contributed by atoms with E-state index in [1.165, 1.54) is 0 Å². The maximum absolute atomic E-state index is 11.4. The Morgan fingerprint density at radius 1 is 1.75 bits per heavy atom. The van der Waals surface area contributed by atoms with Gasteiger partial charge in [-0.2, -0.15) is 0 Å². The highest BCUT2D eigenvalue weighted by atomic mass is 16.5. The fraction of sp³-hybridized carbons (Fsp3) is 0.889. The minimum absolute atomic E-state index is 0.0592. The van der Waals surface area contributed by atoms with Crippen LogP contribution in [0.2, 0.25) is 0 Å². The zero-order valence-corrected chi connectivity index (χ0v) is 7.96. The number of ether oxygens (including phenoxy) is 1. The van der Waals surface area contributed by atoms with Crippen molar-refractivity contribution in [2.45, 2.75) is 45.3 Å². The van der Waals surface area contributed by atoms with E-state index in [1.54, 1.807) is 0 Å². The van der Waals surface area contributed by atoms with Crippen LogP contribution in [0.15, 0.2) is 0 Å². The summed E-state index contributed by atoms with van der Waals surface area (Å²) in [5.74, 6) is 0.105. The van der Waals surface area contributed by atoms with Gasteiger partial charge >= 0.3 is 5.97 Å². The lowest BCUT2D eigenvalue weighted by Crippen LogP contribution is -2.38. The van der Waals surface area contributed by atoms with Crippen LogP contribution in [0.5, 0.6) is 0 Å². The molecule has 0 aromatic heterocycles. The molecule has 2 unspecified atom stereocenters. The van der Waals surface area contributed by atoms with Gasteiger partial charge < -0.3 is 10.5 Å². The van der Waals surface area contributed by atoms with Crippen LogP contribution in [0.1, 0.15) is 33.6 Å². The van der Waals surface area contributed by atoms with E-state index < -0.39 is 5.54 Å². The van der Waals surface area contributed by atoms with Crippen molar-refractivity contribution in [3.8, 4) is 0 Å². The van der Waals surface area contributed by atoms with Gasteiger partial charge in [-0.05, 0) is 26.2 Å². The van der Waals surface area contributed by atoms with Crippen molar-refractivity contribution in [1.82, 2.24) is 0 Å². The molecular weight excluding hydrogens is 154 g/mol. The van der Waals surface area contributed by atoms with Crippen LogP contribution in [-0.2, 0) is 9.53 Å². The molecule has 3 nitrogen and oxygen atoms in total. The first-order chi connectivity index (χ1) is 5.50. The van der Waals surface area contributed by atoms with Crippen molar-refractivity contribution < 1.29 is 9.53 Å². The summed E-state index contributed by atoms with van der Waals surface area (Å²) in [5, 5.41) is 0. The van der Waals surface area contributed by atoms with Crippen LogP contribution in [0.3, 0.4) is 0 Å². The monoisotopic (exact) mass is 171 g/mol. The molecule has 0 aromatic rings. The number of hydrogen-bond donors (Lipinski definition) is 1. The van der Waals surface area contributed by atoms with E-state index in [1.807, 2.05) is 20.8 Å². The summed E-state index contributed by atoms with van der Waals surface area (Å²) >= 11 is 0. The maximum atomic E-state index is 11.4. The first-order valence-corrected chi connectivity index (χ1v) is 4.50. The molecule has 0 heterocycles. The number of esters is 1. The molecule has 0 bridgehead atoms. The third-order valence-corrected chi connectivity index (χ3v) is 2.37. The van der Waals surface area contributed by atoms with Gasteiger partial charge in [-0.3, -0.25) is 4.79 Å². The molecule has 1 saturated carbocycles. The highest BCUT2D eigenvalue weighted by Gasteiger charge is 2.57. The molecule has 0 amide bonds. The highest BCUT2D eigenvalue weighted by molar-refractivity contribution is 5.84. The summed E-state index contributed by atoms with van der Waals surface area (Å²) < 4.78 is 5.05. The van der Waals surface area contributed by atoms with Gasteiger partial charge in [-0.1, -0.05) is 13.3 Å². The standard InChI is InChI=1S/C9H17NO2/c1-4-7-5-9(7,10)8(11)12-6(2)3/h6-7H,4-5,10H2,1-3H3. The molecule has 2 atom stereocenters. The second-order valence-electron chi connectivity index (χ2n) is 3.80. The molecule has 0 spiro atoms. The zero-order valence-electron chi connectivity index (χ0n) is 7.96. The summed E-state index contributed by atoms with van der Waals surface area (Å²) in [7, 11) is 0. The Morgan fingerprint density at radius 2 is 2.33 bits per heavy atom. The third-order valence-electron chi connectivity index (χ3n) is 2.37. The fourth-order valence-corrected chi connectivity index (χ4v) is 1.43. The minimum Gasteiger partial charge on any atom is -0.462 e. The lowest BCUT2D eigenvalue weighted by Gasteiger charge is -2.13. The Balaban J connectivity index is 2.44. The summed E-state index contributed by atoms with van der Waals surface area (Å²) in [4.78, 5) is 11.4. The van der Waals surface area contributed by atoms with Crippen molar-refractivity contribution >= 4 is 5.97 Å². The predicted octanol–water partition coefficient (Wildman–Crippen LogP) is 1.07. The third kappa shape index (κ3) is 1.61. The lowest BCUT2D eigenvalue weighted by molar-refractivity contribution is -0.150. The van der Waals surface area contributed by atoms with E-state index in [2.05, 4.69) is 0 Å². The Morgan fingerprint density at radius 3 is 2.67 bits per heavy atom. The Kier molecular flexibility index (Phi) is 2.42. The number of carbonyl (C=O) groups is 1. The van der Waals surface area contributed by atoms with Crippen molar-refractivity contribution in [1.29, 1.82) is 0 Å². The predicted molar refractivity (Wildman–Crippen MR) is 46.5 cm³/mol. The number of carbonyl (C=O) groups excluding carboxylic acids is 1. The summed E-state index contributed by atoms with van der Waals surface area (Å²) in [6.45, 7) is 5.72. The maximum Gasteiger partial charge on any atom is 0.326 e. The number of hydrogen-bond acceptors (Lipinski definition) is 3. The van der Waals surface area contributed by atoms with Crippen molar-refractivity contribution in [3.63, 3.8) is 0 Å². The molecule has 0 radical (unpaired) electrons. The molecule has 0 aromatic carbocycles. The van der Waals surface area contributed by atoms with Crippen molar-refractivity contribution in [3.05, 3.63) is 0 Å². The first kappa shape index (κ1) is 9.52. The quantitative estimate of drug-likeness (QED) is 0.646. The molecule has 0 aliphatic heterocycles. The topological polar surface area (TPSA) is 52.3 Å². The molecule has 2 N–H and O–H groups in total. The van der Waals surface area contributed by atoms with E-state index in [0.29, 0.717) is 5.92 Å². The second kappa shape index (κ2) is 3.05. The summed E-state index contributed by atoms with van der Waals surface area (Å²) in [5.41, 5.74) is 5.16. The van der Waals surface area contributed by atoms with Gasteiger partial charge in [-0.25, -0.2) is 0 Å². The van der Waals surface area contributed by atoms with Gasteiger partial charge in [0.05, 0.1) is 6.10 Å². The van der Waals surface area contributed by atoms with E-state index in [9.17, 15) is 4.79 Å². The molecule has 3 heteroatoms. The van der Waals surface area contributed by atoms with E-state index >= 15 is 0 Å². The number of nitrogens with two attached hydrogens (primary N) is 1. The molecule has 0 saturated heterocycles. The van der Waals surface area contributed by atoms with Crippen LogP contribution in [-0.4, -0.2) is 17.6 Å². The lowest BCUT2D eigenvalue weighted by atomic mass is 10.2. The smallest absolute Gasteiger partial charge is 0.326 e. The van der Waals surface area contributed by atoms with Gasteiger partial charge in [0.2, 0.25) is 0 Å².